The SMILES string of the molecule is COC(=O)Cc1cc(C)cc2cccnc12. The van der Waals surface area contributed by atoms with E-state index in [-0.39, 0.29) is 12.4 Å². The molecule has 0 N–H and O–H groups in total. The molecule has 1 aromatic carbocycles. The zero-order chi connectivity index (χ0) is 11.5. The third-order valence-electron chi connectivity index (χ3n) is 2.49. The molecule has 0 fully saturated rings. The lowest BCUT2D eigenvalue weighted by atomic mass is 10.0. The molecule has 0 spiro atoms. The summed E-state index contributed by atoms with van der Waals surface area (Å²) in [7, 11) is 1.40. The van der Waals surface area contributed by atoms with E-state index in [1.54, 1.807) is 6.20 Å². The van der Waals surface area contributed by atoms with Crippen molar-refractivity contribution in [3.63, 3.8) is 0 Å². The fourth-order valence-electron chi connectivity index (χ4n) is 1.80. The molecule has 0 aliphatic heterocycles. The van der Waals surface area contributed by atoms with Crippen molar-refractivity contribution in [3.8, 4) is 0 Å². The molecule has 0 bridgehead atoms. The van der Waals surface area contributed by atoms with Gasteiger partial charge < -0.3 is 4.74 Å². The molecule has 0 radical (unpaired) electrons. The summed E-state index contributed by atoms with van der Waals surface area (Å²) in [5.41, 5.74) is 2.92. The Hall–Kier alpha value is -1.90. The Morgan fingerprint density at radius 1 is 1.44 bits per heavy atom. The van der Waals surface area contributed by atoms with E-state index in [4.69, 9.17) is 0 Å². The lowest BCUT2D eigenvalue weighted by Crippen LogP contribution is -2.05. The molecule has 0 aliphatic rings. The Labute approximate surface area is 94.1 Å². The van der Waals surface area contributed by atoms with E-state index in [0.29, 0.717) is 0 Å². The van der Waals surface area contributed by atoms with Crippen LogP contribution in [0.1, 0.15) is 11.1 Å². The molecule has 0 saturated carbocycles. The second kappa shape index (κ2) is 4.31. The summed E-state index contributed by atoms with van der Waals surface area (Å²) in [6, 6.07) is 7.93. The van der Waals surface area contributed by atoms with Crippen molar-refractivity contribution in [3.05, 3.63) is 41.6 Å². The maximum Gasteiger partial charge on any atom is 0.310 e. The largest absolute Gasteiger partial charge is 0.469 e. The molecule has 0 aliphatic carbocycles. The van der Waals surface area contributed by atoms with Crippen molar-refractivity contribution in [1.29, 1.82) is 0 Å². The molecule has 1 heterocycles. The molecule has 3 heteroatoms. The Morgan fingerprint density at radius 2 is 2.25 bits per heavy atom. The highest BCUT2D eigenvalue weighted by molar-refractivity contribution is 5.86. The normalized spacial score (nSPS) is 10.4. The lowest BCUT2D eigenvalue weighted by Gasteiger charge is -2.06. The van der Waals surface area contributed by atoms with E-state index < -0.39 is 0 Å². The number of ether oxygens (including phenoxy) is 1. The molecule has 16 heavy (non-hydrogen) atoms. The quantitative estimate of drug-likeness (QED) is 0.721. The van der Waals surface area contributed by atoms with Crippen molar-refractivity contribution >= 4 is 16.9 Å². The Bertz CT molecular complexity index is 534. The smallest absolute Gasteiger partial charge is 0.310 e. The Kier molecular flexibility index (Phi) is 2.86. The van der Waals surface area contributed by atoms with Crippen LogP contribution in [0.25, 0.3) is 10.9 Å². The highest BCUT2D eigenvalue weighted by Crippen LogP contribution is 2.19. The number of methoxy groups -OCH3 is 1. The zero-order valence-corrected chi connectivity index (χ0v) is 9.36. The zero-order valence-electron chi connectivity index (χ0n) is 9.36. The van der Waals surface area contributed by atoms with Gasteiger partial charge in [0.05, 0.1) is 19.0 Å². The molecule has 2 aromatic rings. The lowest BCUT2D eigenvalue weighted by molar-refractivity contribution is -0.139. The number of esters is 1. The van der Waals surface area contributed by atoms with Crippen LogP contribution in [0.3, 0.4) is 0 Å². The van der Waals surface area contributed by atoms with Crippen LogP contribution in [0.4, 0.5) is 0 Å². The van der Waals surface area contributed by atoms with Crippen molar-refractivity contribution in [2.45, 2.75) is 13.3 Å². The molecule has 0 atom stereocenters. The summed E-state index contributed by atoms with van der Waals surface area (Å²) in [4.78, 5) is 15.6. The third kappa shape index (κ3) is 2.03. The standard InChI is InChI=1S/C13H13NO2/c1-9-6-10-4-3-5-14-13(10)11(7-9)8-12(15)16-2/h3-7H,8H2,1-2H3. The number of hydrogen-bond donors (Lipinski definition) is 0. The van der Waals surface area contributed by atoms with Crippen LogP contribution in [-0.4, -0.2) is 18.1 Å². The van der Waals surface area contributed by atoms with Gasteiger partial charge in [0.1, 0.15) is 0 Å². The van der Waals surface area contributed by atoms with E-state index in [2.05, 4.69) is 15.8 Å². The summed E-state index contributed by atoms with van der Waals surface area (Å²) in [6.07, 6.45) is 2.00. The maximum absolute atomic E-state index is 11.3. The van der Waals surface area contributed by atoms with Gasteiger partial charge in [0.25, 0.3) is 0 Å². The number of rotatable bonds is 2. The highest BCUT2D eigenvalue weighted by Gasteiger charge is 2.08. The summed E-state index contributed by atoms with van der Waals surface area (Å²) >= 11 is 0. The van der Waals surface area contributed by atoms with Crippen LogP contribution in [0.2, 0.25) is 0 Å². The predicted octanol–water partition coefficient (Wildman–Crippen LogP) is 2.26. The van der Waals surface area contributed by atoms with Gasteiger partial charge in [-0.05, 0) is 24.6 Å². The minimum atomic E-state index is -0.238. The van der Waals surface area contributed by atoms with Crippen LogP contribution < -0.4 is 0 Å². The van der Waals surface area contributed by atoms with Crippen LogP contribution in [0.15, 0.2) is 30.5 Å². The first-order valence-corrected chi connectivity index (χ1v) is 5.12. The number of carbonyl (C=O) groups is 1. The highest BCUT2D eigenvalue weighted by atomic mass is 16.5. The summed E-state index contributed by atoms with van der Waals surface area (Å²) in [6.45, 7) is 2.01. The maximum atomic E-state index is 11.3. The molecular weight excluding hydrogens is 202 g/mol. The number of pyridine rings is 1. The van der Waals surface area contributed by atoms with Crippen LogP contribution in [-0.2, 0) is 16.0 Å². The molecule has 1 aromatic heterocycles. The molecule has 3 nitrogen and oxygen atoms in total. The number of carbonyl (C=O) groups excluding carboxylic acids is 1. The molecule has 82 valence electrons. The summed E-state index contributed by atoms with van der Waals surface area (Å²) < 4.78 is 4.68. The minimum absolute atomic E-state index is 0.238. The van der Waals surface area contributed by atoms with Crippen molar-refractivity contribution in [1.82, 2.24) is 4.98 Å². The predicted molar refractivity (Wildman–Crippen MR) is 62.2 cm³/mol. The number of benzene rings is 1. The number of fused-ring (bicyclic) bond motifs is 1. The summed E-state index contributed by atoms with van der Waals surface area (Å²) in [5, 5.41) is 1.06. The molecular formula is C13H13NO2. The molecule has 0 saturated heterocycles. The fraction of sp³-hybridized carbons (Fsp3) is 0.231. The second-order valence-electron chi connectivity index (χ2n) is 3.75. The van der Waals surface area contributed by atoms with Gasteiger partial charge in [-0.1, -0.05) is 17.7 Å². The van der Waals surface area contributed by atoms with Gasteiger partial charge in [-0.25, -0.2) is 0 Å². The van der Waals surface area contributed by atoms with Gasteiger partial charge in [-0.3, -0.25) is 9.78 Å². The van der Waals surface area contributed by atoms with Gasteiger partial charge >= 0.3 is 5.97 Å². The van der Waals surface area contributed by atoms with Crippen molar-refractivity contribution < 1.29 is 9.53 Å². The molecule has 0 amide bonds. The number of aromatic nitrogens is 1. The van der Waals surface area contributed by atoms with Crippen LogP contribution in [0.5, 0.6) is 0 Å². The number of hydrogen-bond acceptors (Lipinski definition) is 3. The van der Waals surface area contributed by atoms with E-state index in [1.807, 2.05) is 25.1 Å². The van der Waals surface area contributed by atoms with Crippen LogP contribution in [0, 0.1) is 6.92 Å². The average Bonchev–Trinajstić information content (AvgIpc) is 2.28. The summed E-state index contributed by atoms with van der Waals surface area (Å²) in [5.74, 6) is -0.238. The minimum Gasteiger partial charge on any atom is -0.469 e. The number of nitrogens with zero attached hydrogens (tertiary/aromatic N) is 1. The first-order chi connectivity index (χ1) is 7.70. The second-order valence-corrected chi connectivity index (χ2v) is 3.75. The monoisotopic (exact) mass is 215 g/mol. The molecule has 0 unspecified atom stereocenters. The van der Waals surface area contributed by atoms with Crippen molar-refractivity contribution in [2.75, 3.05) is 7.11 Å². The van der Waals surface area contributed by atoms with E-state index in [1.165, 1.54) is 7.11 Å². The van der Waals surface area contributed by atoms with Crippen LogP contribution >= 0.6 is 0 Å². The topological polar surface area (TPSA) is 39.2 Å². The third-order valence-corrected chi connectivity index (χ3v) is 2.49. The van der Waals surface area contributed by atoms with Gasteiger partial charge in [-0.15, -0.1) is 0 Å². The van der Waals surface area contributed by atoms with Gasteiger partial charge in [0, 0.05) is 11.6 Å². The fourth-order valence-corrected chi connectivity index (χ4v) is 1.80. The first kappa shape index (κ1) is 10.6. The molecule has 2 rings (SSSR count). The Morgan fingerprint density at radius 3 is 3.00 bits per heavy atom. The first-order valence-electron chi connectivity index (χ1n) is 5.12. The van der Waals surface area contributed by atoms with Gasteiger partial charge in [-0.2, -0.15) is 0 Å². The van der Waals surface area contributed by atoms with E-state index in [9.17, 15) is 4.79 Å². The number of aryl methyl sites for hydroxylation is 1. The van der Waals surface area contributed by atoms with Gasteiger partial charge in [0.15, 0.2) is 0 Å². The Balaban J connectivity index is 2.54. The average molecular weight is 215 g/mol. The van der Waals surface area contributed by atoms with E-state index >= 15 is 0 Å². The van der Waals surface area contributed by atoms with E-state index in [0.717, 1.165) is 22.0 Å². The van der Waals surface area contributed by atoms with Gasteiger partial charge in [0.2, 0.25) is 0 Å². The van der Waals surface area contributed by atoms with Crippen molar-refractivity contribution in [2.24, 2.45) is 0 Å².